The lowest BCUT2D eigenvalue weighted by molar-refractivity contribution is -0.873. The molecule has 0 fully saturated rings. The lowest BCUT2D eigenvalue weighted by Crippen LogP contribution is -2.44. The number of carbonyl (C=O) groups excluding carboxylic acids is 2. The maximum Gasteiger partial charge on any atom is 0.313 e. The standard InChI is InChI=1S/C13H23NO5/c1-5-6-10(15)7-13(18)19-11(8-12(16)17)9-14(2,3)4/h11H,5-9H2,1-4H3/p+1. The number of carbonyl (C=O) groups is 3. The molecule has 1 atom stereocenters. The van der Waals surface area contributed by atoms with Crippen molar-refractivity contribution >= 4 is 17.7 Å². The molecule has 0 saturated carbocycles. The van der Waals surface area contributed by atoms with Crippen molar-refractivity contribution in [3.63, 3.8) is 0 Å². The average Bonchev–Trinajstić information content (AvgIpc) is 2.12. The van der Waals surface area contributed by atoms with Crippen molar-refractivity contribution in [3.8, 4) is 0 Å². The number of carboxylic acids is 1. The number of carboxylic acid groups (broad SMARTS) is 1. The quantitative estimate of drug-likeness (QED) is 0.383. The Morgan fingerprint density at radius 1 is 1.21 bits per heavy atom. The molecule has 0 amide bonds. The van der Waals surface area contributed by atoms with Gasteiger partial charge in [-0.25, -0.2) is 0 Å². The zero-order valence-corrected chi connectivity index (χ0v) is 12.1. The highest BCUT2D eigenvalue weighted by Gasteiger charge is 2.25. The molecular weight excluding hydrogens is 250 g/mol. The number of quaternary nitrogens is 1. The summed E-state index contributed by atoms with van der Waals surface area (Å²) in [6.45, 7) is 2.24. The minimum atomic E-state index is -1.02. The maximum atomic E-state index is 11.6. The second-order valence-electron chi connectivity index (χ2n) is 5.65. The van der Waals surface area contributed by atoms with Crippen molar-refractivity contribution < 1.29 is 28.7 Å². The van der Waals surface area contributed by atoms with Gasteiger partial charge in [-0.05, 0) is 6.42 Å². The van der Waals surface area contributed by atoms with Gasteiger partial charge in [0.05, 0.1) is 27.6 Å². The number of likely N-dealkylation sites (N-methyl/N-ethyl adjacent to an activating group) is 1. The van der Waals surface area contributed by atoms with Gasteiger partial charge in [0.25, 0.3) is 0 Å². The summed E-state index contributed by atoms with van der Waals surface area (Å²) in [4.78, 5) is 33.6. The Kier molecular flexibility index (Phi) is 7.29. The van der Waals surface area contributed by atoms with E-state index in [2.05, 4.69) is 0 Å². The molecule has 6 nitrogen and oxygen atoms in total. The first-order chi connectivity index (χ1) is 8.64. The second-order valence-corrected chi connectivity index (χ2v) is 5.65. The third-order valence-corrected chi connectivity index (χ3v) is 2.32. The van der Waals surface area contributed by atoms with E-state index in [9.17, 15) is 14.4 Å². The zero-order chi connectivity index (χ0) is 15.1. The molecule has 19 heavy (non-hydrogen) atoms. The van der Waals surface area contributed by atoms with Gasteiger partial charge < -0.3 is 14.3 Å². The summed E-state index contributed by atoms with van der Waals surface area (Å²) >= 11 is 0. The van der Waals surface area contributed by atoms with Crippen molar-refractivity contribution in [3.05, 3.63) is 0 Å². The molecule has 0 radical (unpaired) electrons. The number of rotatable bonds is 9. The number of Topliss-reactive ketones (excluding diaryl/α,β-unsaturated/α-hetero) is 1. The third kappa shape index (κ3) is 10.2. The fourth-order valence-electron chi connectivity index (χ4n) is 1.70. The number of aliphatic carboxylic acids is 1. The summed E-state index contributed by atoms with van der Waals surface area (Å²) in [5.74, 6) is -1.84. The third-order valence-electron chi connectivity index (χ3n) is 2.32. The molecule has 0 rings (SSSR count). The fourth-order valence-corrected chi connectivity index (χ4v) is 1.70. The van der Waals surface area contributed by atoms with Crippen molar-refractivity contribution in [1.29, 1.82) is 0 Å². The number of nitrogens with zero attached hydrogens (tertiary/aromatic N) is 1. The van der Waals surface area contributed by atoms with Crippen LogP contribution in [0.1, 0.15) is 32.6 Å². The van der Waals surface area contributed by atoms with Crippen LogP contribution in [-0.2, 0) is 19.1 Å². The lowest BCUT2D eigenvalue weighted by atomic mass is 10.2. The van der Waals surface area contributed by atoms with Gasteiger partial charge in [0, 0.05) is 6.42 Å². The first-order valence-corrected chi connectivity index (χ1v) is 6.37. The minimum Gasteiger partial charge on any atom is -0.481 e. The van der Waals surface area contributed by atoms with Gasteiger partial charge in [-0.15, -0.1) is 0 Å². The topological polar surface area (TPSA) is 80.7 Å². The van der Waals surface area contributed by atoms with Crippen LogP contribution in [0.25, 0.3) is 0 Å². The monoisotopic (exact) mass is 274 g/mol. The van der Waals surface area contributed by atoms with Crippen LogP contribution in [0.5, 0.6) is 0 Å². The SMILES string of the molecule is CCCC(=O)CC(=O)OC(CC(=O)O)C[N+](C)(C)C. The highest BCUT2D eigenvalue weighted by molar-refractivity contribution is 5.95. The number of esters is 1. The van der Waals surface area contributed by atoms with Crippen LogP contribution in [0.15, 0.2) is 0 Å². The molecule has 0 heterocycles. The predicted octanol–water partition coefficient (Wildman–Crippen LogP) is 0.838. The van der Waals surface area contributed by atoms with E-state index < -0.39 is 18.0 Å². The van der Waals surface area contributed by atoms with E-state index in [1.165, 1.54) is 0 Å². The van der Waals surface area contributed by atoms with Gasteiger partial charge in [0.2, 0.25) is 0 Å². The van der Waals surface area contributed by atoms with Crippen molar-refractivity contribution in [2.75, 3.05) is 27.7 Å². The zero-order valence-electron chi connectivity index (χ0n) is 12.1. The maximum absolute atomic E-state index is 11.6. The van der Waals surface area contributed by atoms with E-state index in [4.69, 9.17) is 9.84 Å². The molecular formula is C13H24NO5+. The number of ether oxygens (including phenoxy) is 1. The first-order valence-electron chi connectivity index (χ1n) is 6.37. The molecule has 0 aromatic heterocycles. The molecule has 0 spiro atoms. The Morgan fingerprint density at radius 3 is 2.21 bits per heavy atom. The molecule has 0 aliphatic rings. The van der Waals surface area contributed by atoms with Crippen LogP contribution in [-0.4, -0.2) is 61.1 Å². The summed E-state index contributed by atoms with van der Waals surface area (Å²) in [7, 11) is 5.64. The van der Waals surface area contributed by atoms with Crippen molar-refractivity contribution in [1.82, 2.24) is 0 Å². The van der Waals surface area contributed by atoms with E-state index in [0.717, 1.165) is 0 Å². The molecule has 0 aliphatic heterocycles. The molecule has 6 heteroatoms. The van der Waals surface area contributed by atoms with Crippen LogP contribution in [0.3, 0.4) is 0 Å². The lowest BCUT2D eigenvalue weighted by Gasteiger charge is -2.28. The van der Waals surface area contributed by atoms with Crippen LogP contribution in [0.4, 0.5) is 0 Å². The average molecular weight is 274 g/mol. The van der Waals surface area contributed by atoms with E-state index in [0.29, 0.717) is 23.9 Å². The van der Waals surface area contributed by atoms with Gasteiger partial charge in [0.1, 0.15) is 18.7 Å². The van der Waals surface area contributed by atoms with Gasteiger partial charge in [-0.3, -0.25) is 14.4 Å². The molecule has 110 valence electrons. The van der Waals surface area contributed by atoms with Crippen molar-refractivity contribution in [2.24, 2.45) is 0 Å². The Bertz CT molecular complexity index is 332. The summed E-state index contributed by atoms with van der Waals surface area (Å²) in [6.07, 6.45) is -0.207. The Hall–Kier alpha value is -1.43. The smallest absolute Gasteiger partial charge is 0.313 e. The largest absolute Gasteiger partial charge is 0.481 e. The van der Waals surface area contributed by atoms with Crippen LogP contribution >= 0.6 is 0 Å². The molecule has 0 aromatic rings. The van der Waals surface area contributed by atoms with Gasteiger partial charge in [-0.1, -0.05) is 6.92 Å². The molecule has 0 bridgehead atoms. The van der Waals surface area contributed by atoms with E-state index in [1.807, 2.05) is 28.1 Å². The first kappa shape index (κ1) is 17.6. The van der Waals surface area contributed by atoms with Crippen molar-refractivity contribution in [2.45, 2.75) is 38.7 Å². The number of hydrogen-bond donors (Lipinski definition) is 1. The van der Waals surface area contributed by atoms with Crippen LogP contribution < -0.4 is 0 Å². The van der Waals surface area contributed by atoms with Gasteiger partial charge >= 0.3 is 11.9 Å². The molecule has 1 N–H and O–H groups in total. The highest BCUT2D eigenvalue weighted by atomic mass is 16.5. The molecule has 0 aliphatic carbocycles. The molecule has 0 aromatic carbocycles. The Balaban J connectivity index is 4.42. The molecule has 1 unspecified atom stereocenters. The van der Waals surface area contributed by atoms with Crippen LogP contribution in [0.2, 0.25) is 0 Å². The van der Waals surface area contributed by atoms with Gasteiger partial charge in [0.15, 0.2) is 6.10 Å². The number of ketones is 1. The number of hydrogen-bond acceptors (Lipinski definition) is 4. The second kappa shape index (κ2) is 7.89. The van der Waals surface area contributed by atoms with E-state index >= 15 is 0 Å². The summed E-state index contributed by atoms with van der Waals surface area (Å²) in [6, 6.07) is 0. The highest BCUT2D eigenvalue weighted by Crippen LogP contribution is 2.07. The Labute approximate surface area is 113 Å². The fraction of sp³-hybridized carbons (Fsp3) is 0.769. The summed E-state index contributed by atoms with van der Waals surface area (Å²) in [5, 5.41) is 8.79. The van der Waals surface area contributed by atoms with Crippen LogP contribution in [0, 0.1) is 0 Å². The molecule has 0 saturated heterocycles. The van der Waals surface area contributed by atoms with E-state index in [1.54, 1.807) is 0 Å². The van der Waals surface area contributed by atoms with E-state index in [-0.39, 0.29) is 18.6 Å². The van der Waals surface area contributed by atoms with Gasteiger partial charge in [-0.2, -0.15) is 0 Å². The predicted molar refractivity (Wildman–Crippen MR) is 69.6 cm³/mol. The Morgan fingerprint density at radius 2 is 1.79 bits per heavy atom. The summed E-state index contributed by atoms with van der Waals surface area (Å²) in [5.41, 5.74) is 0. The summed E-state index contributed by atoms with van der Waals surface area (Å²) < 4.78 is 5.58. The minimum absolute atomic E-state index is 0.174. The normalized spacial score (nSPS) is 12.8.